The Morgan fingerprint density at radius 2 is 2.10 bits per heavy atom. The van der Waals surface area contributed by atoms with E-state index >= 15 is 0 Å². The summed E-state index contributed by atoms with van der Waals surface area (Å²) in [5, 5.41) is 21.0. The molecule has 0 unspecified atom stereocenters. The number of aromatic carboxylic acids is 1. The second-order valence-corrected chi connectivity index (χ2v) is 6.81. The number of anilines is 1. The van der Waals surface area contributed by atoms with Gasteiger partial charge in [-0.1, -0.05) is 18.7 Å². The van der Waals surface area contributed by atoms with Crippen molar-refractivity contribution in [1.82, 2.24) is 0 Å². The van der Waals surface area contributed by atoms with Crippen molar-refractivity contribution in [3.63, 3.8) is 0 Å². The predicted octanol–water partition coefficient (Wildman–Crippen LogP) is 4.11. The molecule has 2 N–H and O–H groups in total. The van der Waals surface area contributed by atoms with Crippen LogP contribution in [0.5, 0.6) is 11.5 Å². The summed E-state index contributed by atoms with van der Waals surface area (Å²) in [6.07, 6.45) is 3.03. The van der Waals surface area contributed by atoms with E-state index in [-0.39, 0.29) is 16.8 Å². The third-order valence-corrected chi connectivity index (χ3v) is 4.44. The lowest BCUT2D eigenvalue weighted by molar-refractivity contribution is -0.112. The minimum Gasteiger partial charge on any atom is -0.493 e. The minimum atomic E-state index is -1.11. The van der Waals surface area contributed by atoms with Crippen molar-refractivity contribution in [3.05, 3.63) is 69.3 Å². The van der Waals surface area contributed by atoms with E-state index in [0.29, 0.717) is 23.7 Å². The molecule has 2 aromatic rings. The van der Waals surface area contributed by atoms with Crippen LogP contribution in [0.1, 0.15) is 15.9 Å². The summed E-state index contributed by atoms with van der Waals surface area (Å²) in [6, 6.07) is 11.0. The average molecular weight is 504 g/mol. The molecule has 8 heteroatoms. The van der Waals surface area contributed by atoms with Crippen LogP contribution < -0.4 is 14.8 Å². The highest BCUT2D eigenvalue weighted by Crippen LogP contribution is 2.34. The first-order chi connectivity index (χ1) is 13.9. The van der Waals surface area contributed by atoms with E-state index < -0.39 is 11.9 Å². The molecule has 0 atom stereocenters. The zero-order chi connectivity index (χ0) is 21.4. The van der Waals surface area contributed by atoms with Crippen molar-refractivity contribution >= 4 is 46.2 Å². The Hall–Kier alpha value is -3.32. The van der Waals surface area contributed by atoms with Crippen molar-refractivity contribution in [2.75, 3.05) is 19.0 Å². The van der Waals surface area contributed by atoms with Gasteiger partial charge in [0.2, 0.25) is 0 Å². The van der Waals surface area contributed by atoms with E-state index in [1.807, 2.05) is 6.07 Å². The van der Waals surface area contributed by atoms with Gasteiger partial charge in [0.15, 0.2) is 11.5 Å². The summed E-state index contributed by atoms with van der Waals surface area (Å²) in [5.41, 5.74) is 0.725. The van der Waals surface area contributed by atoms with Gasteiger partial charge in [-0.15, -0.1) is 0 Å². The van der Waals surface area contributed by atoms with Crippen LogP contribution in [0.2, 0.25) is 0 Å². The van der Waals surface area contributed by atoms with Crippen LogP contribution in [-0.4, -0.2) is 30.7 Å². The fourth-order valence-corrected chi connectivity index (χ4v) is 3.13. The zero-order valence-corrected chi connectivity index (χ0v) is 17.6. The Morgan fingerprint density at radius 1 is 1.34 bits per heavy atom. The zero-order valence-electron chi connectivity index (χ0n) is 15.4. The standard InChI is InChI=1S/C21H17IN2O5/c1-3-7-29-19-17(22)9-13(10-18(19)28-2)8-15(12-23)20(25)24-16-6-4-5-14(11-16)21(26)27/h3-6,8-11H,1,7H2,2H3,(H,24,25)(H,26,27)/b15-8+. The van der Waals surface area contributed by atoms with Crippen LogP contribution in [0.3, 0.4) is 0 Å². The summed E-state index contributed by atoms with van der Waals surface area (Å²) >= 11 is 2.07. The minimum absolute atomic E-state index is 0.0275. The van der Waals surface area contributed by atoms with E-state index in [1.165, 1.54) is 37.5 Å². The normalized spacial score (nSPS) is 10.6. The molecule has 2 rings (SSSR count). The van der Waals surface area contributed by atoms with Crippen LogP contribution >= 0.6 is 22.6 Å². The number of hydrogen-bond acceptors (Lipinski definition) is 5. The van der Waals surface area contributed by atoms with Gasteiger partial charge in [0, 0.05) is 5.69 Å². The summed E-state index contributed by atoms with van der Waals surface area (Å²) in [7, 11) is 1.49. The molecule has 0 aromatic heterocycles. The highest BCUT2D eigenvalue weighted by Gasteiger charge is 2.14. The van der Waals surface area contributed by atoms with Gasteiger partial charge in [-0.05, 0) is 64.6 Å². The smallest absolute Gasteiger partial charge is 0.335 e. The van der Waals surface area contributed by atoms with Crippen LogP contribution in [0, 0.1) is 14.9 Å². The van der Waals surface area contributed by atoms with E-state index in [9.17, 15) is 14.9 Å². The number of carbonyl (C=O) groups excluding carboxylic acids is 1. The topological polar surface area (TPSA) is 109 Å². The van der Waals surface area contributed by atoms with E-state index in [0.717, 1.165) is 3.57 Å². The van der Waals surface area contributed by atoms with Gasteiger partial charge < -0.3 is 19.9 Å². The molecular formula is C21H17IN2O5. The Balaban J connectivity index is 2.31. The number of nitrogens with one attached hydrogen (secondary N) is 1. The third-order valence-electron chi connectivity index (χ3n) is 3.64. The van der Waals surface area contributed by atoms with Crippen LogP contribution in [-0.2, 0) is 4.79 Å². The van der Waals surface area contributed by atoms with Crippen molar-refractivity contribution in [2.45, 2.75) is 0 Å². The summed E-state index contributed by atoms with van der Waals surface area (Å²) in [5.74, 6) is -0.774. The number of nitrogens with zero attached hydrogens (tertiary/aromatic N) is 1. The number of ether oxygens (including phenoxy) is 2. The van der Waals surface area contributed by atoms with Crippen molar-refractivity contribution in [3.8, 4) is 17.6 Å². The van der Waals surface area contributed by atoms with Crippen LogP contribution in [0.15, 0.2) is 54.6 Å². The molecular weight excluding hydrogens is 487 g/mol. The molecule has 0 saturated heterocycles. The van der Waals surface area contributed by atoms with Crippen molar-refractivity contribution in [2.24, 2.45) is 0 Å². The Morgan fingerprint density at radius 3 is 2.72 bits per heavy atom. The van der Waals surface area contributed by atoms with E-state index in [1.54, 1.807) is 18.2 Å². The molecule has 148 valence electrons. The lowest BCUT2D eigenvalue weighted by atomic mass is 10.1. The quantitative estimate of drug-likeness (QED) is 0.243. The first-order valence-corrected chi connectivity index (χ1v) is 9.35. The molecule has 7 nitrogen and oxygen atoms in total. The maximum Gasteiger partial charge on any atom is 0.335 e. The number of carboxylic acid groups (broad SMARTS) is 1. The molecule has 2 aromatic carbocycles. The number of benzene rings is 2. The second-order valence-electron chi connectivity index (χ2n) is 5.64. The molecule has 0 radical (unpaired) electrons. The molecule has 0 bridgehead atoms. The van der Waals surface area contributed by atoms with Gasteiger partial charge in [-0.25, -0.2) is 4.79 Å². The highest BCUT2D eigenvalue weighted by atomic mass is 127. The number of nitriles is 1. The predicted molar refractivity (Wildman–Crippen MR) is 117 cm³/mol. The lowest BCUT2D eigenvalue weighted by Crippen LogP contribution is -2.14. The Labute approximate surface area is 181 Å². The van der Waals surface area contributed by atoms with Crippen LogP contribution in [0.25, 0.3) is 6.08 Å². The number of carbonyl (C=O) groups is 2. The van der Waals surface area contributed by atoms with Gasteiger partial charge in [-0.2, -0.15) is 5.26 Å². The fraction of sp³-hybridized carbons (Fsp3) is 0.0952. The third kappa shape index (κ3) is 5.83. The largest absolute Gasteiger partial charge is 0.493 e. The fourth-order valence-electron chi connectivity index (χ4n) is 2.35. The van der Waals surface area contributed by atoms with Crippen molar-refractivity contribution < 1.29 is 24.2 Å². The summed E-state index contributed by atoms with van der Waals surface area (Å²) in [4.78, 5) is 23.5. The first-order valence-electron chi connectivity index (χ1n) is 8.27. The molecule has 0 fully saturated rings. The number of methoxy groups -OCH3 is 1. The van der Waals surface area contributed by atoms with Gasteiger partial charge >= 0.3 is 5.97 Å². The lowest BCUT2D eigenvalue weighted by Gasteiger charge is -2.12. The summed E-state index contributed by atoms with van der Waals surface area (Å²) in [6.45, 7) is 3.92. The van der Waals surface area contributed by atoms with E-state index in [4.69, 9.17) is 14.6 Å². The number of rotatable bonds is 8. The number of amides is 1. The number of carboxylic acids is 1. The molecule has 0 aliphatic carbocycles. The molecule has 0 aliphatic heterocycles. The van der Waals surface area contributed by atoms with Gasteiger partial charge in [0.1, 0.15) is 18.2 Å². The highest BCUT2D eigenvalue weighted by molar-refractivity contribution is 14.1. The Kier molecular flexibility index (Phi) is 7.79. The van der Waals surface area contributed by atoms with Gasteiger partial charge in [-0.3, -0.25) is 4.79 Å². The monoisotopic (exact) mass is 504 g/mol. The molecule has 0 saturated carbocycles. The second kappa shape index (κ2) is 10.3. The van der Waals surface area contributed by atoms with Gasteiger partial charge in [0.05, 0.1) is 16.2 Å². The van der Waals surface area contributed by atoms with Crippen molar-refractivity contribution in [1.29, 1.82) is 5.26 Å². The number of halogens is 1. The molecule has 29 heavy (non-hydrogen) atoms. The molecule has 0 aliphatic rings. The molecule has 1 amide bonds. The molecule has 0 spiro atoms. The average Bonchev–Trinajstić information content (AvgIpc) is 2.70. The van der Waals surface area contributed by atoms with Crippen LogP contribution in [0.4, 0.5) is 5.69 Å². The number of hydrogen-bond donors (Lipinski definition) is 2. The SMILES string of the molecule is C=CCOc1c(I)cc(/C=C(\C#N)C(=O)Nc2cccc(C(=O)O)c2)cc1OC. The van der Waals surface area contributed by atoms with E-state index in [2.05, 4.69) is 34.5 Å². The maximum atomic E-state index is 12.5. The molecule has 0 heterocycles. The Bertz CT molecular complexity index is 1020. The van der Waals surface area contributed by atoms with Gasteiger partial charge in [0.25, 0.3) is 5.91 Å². The first kappa shape index (κ1) is 22.0. The maximum absolute atomic E-state index is 12.5. The summed E-state index contributed by atoms with van der Waals surface area (Å²) < 4.78 is 11.7.